The first-order valence-electron chi connectivity index (χ1n) is 8.79. The summed E-state index contributed by atoms with van der Waals surface area (Å²) < 4.78 is 49.3. The number of benzene rings is 3. The molecule has 0 saturated heterocycles. The van der Waals surface area contributed by atoms with Gasteiger partial charge in [0.1, 0.15) is 17.4 Å². The van der Waals surface area contributed by atoms with Crippen molar-refractivity contribution >= 4 is 22.6 Å². The van der Waals surface area contributed by atoms with E-state index in [0.717, 1.165) is 18.2 Å². The maximum Gasteiger partial charge on any atom is 0.161 e. The fourth-order valence-corrected chi connectivity index (χ4v) is 3.41. The van der Waals surface area contributed by atoms with Crippen molar-refractivity contribution in [2.24, 2.45) is 0 Å². The Morgan fingerprint density at radius 1 is 1.03 bits per heavy atom. The predicted octanol–water partition coefficient (Wildman–Crippen LogP) is 5.70. The van der Waals surface area contributed by atoms with Gasteiger partial charge < -0.3 is 9.30 Å². The van der Waals surface area contributed by atoms with Crippen molar-refractivity contribution in [1.29, 1.82) is 5.26 Å². The van der Waals surface area contributed by atoms with Crippen LogP contribution in [0.3, 0.4) is 0 Å². The number of nitriles is 1. The summed E-state index contributed by atoms with van der Waals surface area (Å²) in [5, 5.41) is 9.39. The number of halogens is 4. The second kappa shape index (κ2) is 7.73. The van der Waals surface area contributed by atoms with Gasteiger partial charge in [-0.15, -0.1) is 0 Å². The van der Waals surface area contributed by atoms with Crippen molar-refractivity contribution in [3.05, 3.63) is 82.1 Å². The number of imidazole rings is 1. The minimum atomic E-state index is -1.04. The van der Waals surface area contributed by atoms with Crippen LogP contribution in [0.4, 0.5) is 13.2 Å². The van der Waals surface area contributed by atoms with E-state index in [1.807, 2.05) is 6.07 Å². The highest BCUT2D eigenvalue weighted by Gasteiger charge is 2.20. The van der Waals surface area contributed by atoms with Crippen LogP contribution in [0.25, 0.3) is 22.4 Å². The molecule has 30 heavy (non-hydrogen) atoms. The van der Waals surface area contributed by atoms with E-state index in [0.29, 0.717) is 22.2 Å². The van der Waals surface area contributed by atoms with Crippen LogP contribution in [0, 0.1) is 28.8 Å². The quantitative estimate of drug-likeness (QED) is 0.419. The summed E-state index contributed by atoms with van der Waals surface area (Å²) in [6, 6.07) is 12.9. The molecule has 0 aliphatic carbocycles. The standard InChI is InChI=1S/C22H13ClF3N3O/c1-30-21-7-14(23)4-5-15(21)22-28-19-8-17(25)18(26)9-20(19)29(22)11-13-3-2-12(10-27)6-16(13)24/h2-9H,11H2,1H3. The highest BCUT2D eigenvalue weighted by molar-refractivity contribution is 6.30. The molecule has 0 aliphatic rings. The summed E-state index contributed by atoms with van der Waals surface area (Å²) in [5.41, 5.74) is 1.44. The van der Waals surface area contributed by atoms with Crippen LogP contribution < -0.4 is 4.74 Å². The van der Waals surface area contributed by atoms with Crippen LogP contribution in [0.2, 0.25) is 5.02 Å². The van der Waals surface area contributed by atoms with E-state index in [1.54, 1.807) is 22.8 Å². The Kier molecular flexibility index (Phi) is 5.10. The van der Waals surface area contributed by atoms with Crippen LogP contribution in [0.1, 0.15) is 11.1 Å². The van der Waals surface area contributed by atoms with E-state index in [4.69, 9.17) is 21.6 Å². The largest absolute Gasteiger partial charge is 0.496 e. The Balaban J connectivity index is 1.96. The molecule has 0 bridgehead atoms. The number of nitrogens with zero attached hydrogens (tertiary/aromatic N) is 3. The van der Waals surface area contributed by atoms with Gasteiger partial charge in [-0.2, -0.15) is 5.26 Å². The summed E-state index contributed by atoms with van der Waals surface area (Å²) in [4.78, 5) is 4.44. The molecule has 0 unspecified atom stereocenters. The molecule has 0 aliphatic heterocycles. The van der Waals surface area contributed by atoms with Gasteiger partial charge in [0.05, 0.1) is 41.9 Å². The fraction of sp³-hybridized carbons (Fsp3) is 0.0909. The lowest BCUT2D eigenvalue weighted by Crippen LogP contribution is -2.05. The third kappa shape index (κ3) is 3.46. The number of methoxy groups -OCH3 is 1. The van der Waals surface area contributed by atoms with Crippen molar-refractivity contribution in [2.75, 3.05) is 7.11 Å². The van der Waals surface area contributed by atoms with E-state index in [2.05, 4.69) is 4.98 Å². The molecule has 0 atom stereocenters. The molecule has 0 fully saturated rings. The van der Waals surface area contributed by atoms with Crippen LogP contribution in [-0.4, -0.2) is 16.7 Å². The van der Waals surface area contributed by atoms with Crippen LogP contribution in [-0.2, 0) is 6.54 Å². The summed E-state index contributed by atoms with van der Waals surface area (Å²) >= 11 is 6.04. The Labute approximate surface area is 174 Å². The maximum absolute atomic E-state index is 14.5. The van der Waals surface area contributed by atoms with Gasteiger partial charge in [-0.05, 0) is 30.3 Å². The minimum absolute atomic E-state index is 0.0276. The molecule has 4 aromatic rings. The van der Waals surface area contributed by atoms with Crippen LogP contribution in [0.15, 0.2) is 48.5 Å². The van der Waals surface area contributed by atoms with Crippen molar-refractivity contribution in [3.63, 3.8) is 0 Å². The Morgan fingerprint density at radius 2 is 1.80 bits per heavy atom. The molecule has 150 valence electrons. The number of hydrogen-bond donors (Lipinski definition) is 0. The summed E-state index contributed by atoms with van der Waals surface area (Å²) in [7, 11) is 1.46. The van der Waals surface area contributed by atoms with Crippen molar-refractivity contribution in [1.82, 2.24) is 9.55 Å². The van der Waals surface area contributed by atoms with E-state index >= 15 is 0 Å². The van der Waals surface area contributed by atoms with E-state index < -0.39 is 17.5 Å². The number of aromatic nitrogens is 2. The first-order chi connectivity index (χ1) is 14.4. The maximum atomic E-state index is 14.5. The van der Waals surface area contributed by atoms with Gasteiger partial charge >= 0.3 is 0 Å². The third-order valence-electron chi connectivity index (χ3n) is 4.71. The summed E-state index contributed by atoms with van der Waals surface area (Å²) in [6.45, 7) is -0.0276. The average Bonchev–Trinajstić information content (AvgIpc) is 3.06. The topological polar surface area (TPSA) is 50.8 Å². The molecule has 0 amide bonds. The average molecular weight is 428 g/mol. The minimum Gasteiger partial charge on any atom is -0.496 e. The van der Waals surface area contributed by atoms with Gasteiger partial charge in [0.15, 0.2) is 11.6 Å². The first kappa shape index (κ1) is 19.8. The Morgan fingerprint density at radius 3 is 2.50 bits per heavy atom. The van der Waals surface area contributed by atoms with Crippen molar-refractivity contribution in [3.8, 4) is 23.2 Å². The van der Waals surface area contributed by atoms with E-state index in [-0.39, 0.29) is 28.7 Å². The summed E-state index contributed by atoms with van der Waals surface area (Å²) in [5.74, 6) is -1.94. The molecule has 4 rings (SSSR count). The molecular formula is C22H13ClF3N3O. The van der Waals surface area contributed by atoms with Gasteiger partial charge in [0, 0.05) is 22.7 Å². The molecule has 1 aromatic heterocycles. The molecular weight excluding hydrogens is 415 g/mol. The number of fused-ring (bicyclic) bond motifs is 1. The Hall–Kier alpha value is -3.50. The monoisotopic (exact) mass is 427 g/mol. The second-order valence-electron chi connectivity index (χ2n) is 6.54. The molecule has 8 heteroatoms. The molecule has 3 aromatic carbocycles. The lowest BCUT2D eigenvalue weighted by Gasteiger charge is -2.13. The molecule has 0 N–H and O–H groups in total. The number of rotatable bonds is 4. The highest BCUT2D eigenvalue weighted by atomic mass is 35.5. The van der Waals surface area contributed by atoms with Gasteiger partial charge in [-0.1, -0.05) is 17.7 Å². The third-order valence-corrected chi connectivity index (χ3v) is 4.94. The highest BCUT2D eigenvalue weighted by Crippen LogP contribution is 2.35. The molecule has 0 saturated carbocycles. The fourth-order valence-electron chi connectivity index (χ4n) is 3.25. The normalized spacial score (nSPS) is 10.9. The lowest BCUT2D eigenvalue weighted by atomic mass is 10.1. The Bertz CT molecular complexity index is 1330. The molecule has 0 radical (unpaired) electrons. The van der Waals surface area contributed by atoms with Gasteiger partial charge in [-0.25, -0.2) is 18.2 Å². The van der Waals surface area contributed by atoms with E-state index in [1.165, 1.54) is 19.2 Å². The number of ether oxygens (including phenoxy) is 1. The molecule has 1 heterocycles. The van der Waals surface area contributed by atoms with Crippen LogP contribution >= 0.6 is 11.6 Å². The summed E-state index contributed by atoms with van der Waals surface area (Å²) in [6.07, 6.45) is 0. The zero-order valence-corrected chi connectivity index (χ0v) is 16.3. The zero-order valence-electron chi connectivity index (χ0n) is 15.6. The second-order valence-corrected chi connectivity index (χ2v) is 6.98. The van der Waals surface area contributed by atoms with Crippen molar-refractivity contribution in [2.45, 2.75) is 6.54 Å². The van der Waals surface area contributed by atoms with Gasteiger partial charge in [0.2, 0.25) is 0 Å². The first-order valence-corrected chi connectivity index (χ1v) is 9.16. The van der Waals surface area contributed by atoms with Gasteiger partial charge in [0.25, 0.3) is 0 Å². The SMILES string of the molecule is COc1cc(Cl)ccc1-c1nc2cc(F)c(F)cc2n1Cc1ccc(C#N)cc1F. The number of hydrogen-bond acceptors (Lipinski definition) is 3. The smallest absolute Gasteiger partial charge is 0.161 e. The van der Waals surface area contributed by atoms with E-state index in [9.17, 15) is 13.2 Å². The van der Waals surface area contributed by atoms with Crippen molar-refractivity contribution < 1.29 is 17.9 Å². The lowest BCUT2D eigenvalue weighted by molar-refractivity contribution is 0.416. The van der Waals surface area contributed by atoms with Gasteiger partial charge in [-0.3, -0.25) is 0 Å². The van der Waals surface area contributed by atoms with Crippen LogP contribution in [0.5, 0.6) is 5.75 Å². The zero-order chi connectivity index (χ0) is 21.4. The molecule has 4 nitrogen and oxygen atoms in total. The molecule has 0 spiro atoms. The predicted molar refractivity (Wildman–Crippen MR) is 107 cm³/mol.